The molecule has 2 aliphatic rings. The second-order valence-electron chi connectivity index (χ2n) is 8.81. The van der Waals surface area contributed by atoms with E-state index in [-0.39, 0.29) is 17.5 Å². The lowest BCUT2D eigenvalue weighted by Crippen LogP contribution is -2.45. The van der Waals surface area contributed by atoms with Crippen molar-refractivity contribution in [1.82, 2.24) is 14.5 Å². The number of piperidine rings is 1. The molecule has 0 aliphatic carbocycles. The van der Waals surface area contributed by atoms with Crippen molar-refractivity contribution in [3.05, 3.63) is 88.8 Å². The Kier molecular flexibility index (Phi) is 5.96. The van der Waals surface area contributed by atoms with Crippen LogP contribution < -0.4 is 4.74 Å². The van der Waals surface area contributed by atoms with Gasteiger partial charge in [-0.2, -0.15) is 0 Å². The highest BCUT2D eigenvalue weighted by Gasteiger charge is 2.36. The minimum atomic E-state index is -1.52. The third kappa shape index (κ3) is 4.24. The molecule has 1 saturated heterocycles. The van der Waals surface area contributed by atoms with Crippen LogP contribution >= 0.6 is 0 Å². The molecule has 3 heterocycles. The van der Waals surface area contributed by atoms with E-state index < -0.39 is 17.5 Å². The summed E-state index contributed by atoms with van der Waals surface area (Å²) in [6, 6.07) is 7.47. The lowest BCUT2D eigenvalue weighted by atomic mass is 9.88. The quantitative estimate of drug-likeness (QED) is 0.350. The standard InChI is InChI=1S/C27H24F3N3O2/c1-16-14-32(15-31-16)24-9-6-17(11-25(24)35-2)10-18-7-8-20-4-3-5-23(33(20)27(18)34)19-12-21(28)26(30)22(29)13-19/h5-6,9-15,20H,3-4,7-8H2,1-2H3/b18-10-/t20-/m1/s1. The molecular formula is C27H24F3N3O2. The van der Waals surface area contributed by atoms with Crippen LogP contribution in [-0.4, -0.2) is 33.5 Å². The normalized spacial score (nSPS) is 19.1. The van der Waals surface area contributed by atoms with Crippen molar-refractivity contribution in [2.75, 3.05) is 7.11 Å². The van der Waals surface area contributed by atoms with Crippen LogP contribution in [0.4, 0.5) is 13.2 Å². The third-order valence-electron chi connectivity index (χ3n) is 6.52. The molecule has 1 atom stereocenters. The number of carbonyl (C=O) groups excluding carboxylic acids is 1. The Morgan fingerprint density at radius 3 is 2.57 bits per heavy atom. The average molecular weight is 480 g/mol. The van der Waals surface area contributed by atoms with E-state index in [9.17, 15) is 18.0 Å². The number of hydrogen-bond acceptors (Lipinski definition) is 3. The summed E-state index contributed by atoms with van der Waals surface area (Å²) in [5.41, 5.74) is 3.66. The second kappa shape index (κ2) is 9.09. The summed E-state index contributed by atoms with van der Waals surface area (Å²) in [6.07, 6.45) is 9.97. The van der Waals surface area contributed by atoms with E-state index in [1.54, 1.807) is 24.4 Å². The minimum absolute atomic E-state index is 0.0720. The van der Waals surface area contributed by atoms with Crippen molar-refractivity contribution in [1.29, 1.82) is 0 Å². The summed E-state index contributed by atoms with van der Waals surface area (Å²) in [7, 11) is 1.58. The minimum Gasteiger partial charge on any atom is -0.495 e. The Morgan fingerprint density at radius 1 is 1.11 bits per heavy atom. The molecule has 5 nitrogen and oxygen atoms in total. The first-order valence-corrected chi connectivity index (χ1v) is 11.4. The number of rotatable bonds is 4. The van der Waals surface area contributed by atoms with Gasteiger partial charge in [0.2, 0.25) is 0 Å². The lowest BCUT2D eigenvalue weighted by Gasteiger charge is -2.41. The van der Waals surface area contributed by atoms with Crippen molar-refractivity contribution in [2.24, 2.45) is 0 Å². The number of hydrogen-bond donors (Lipinski definition) is 0. The molecule has 180 valence electrons. The van der Waals surface area contributed by atoms with Crippen molar-refractivity contribution in [3.8, 4) is 11.4 Å². The molecule has 5 rings (SSSR count). The zero-order chi connectivity index (χ0) is 24.7. The second-order valence-corrected chi connectivity index (χ2v) is 8.81. The Hall–Kier alpha value is -3.81. The maximum Gasteiger partial charge on any atom is 0.254 e. The molecule has 8 heteroatoms. The zero-order valence-electron chi connectivity index (χ0n) is 19.4. The number of fused-ring (bicyclic) bond motifs is 1. The SMILES string of the molecule is COc1cc(/C=C2/CC[C@H]3CCC=C(c4cc(F)c(F)c(F)c4)N3C2=O)ccc1-n1cnc(C)c1. The Labute approximate surface area is 201 Å². The van der Waals surface area contributed by atoms with E-state index in [4.69, 9.17) is 4.74 Å². The molecule has 0 bridgehead atoms. The number of imidazole rings is 1. The Morgan fingerprint density at radius 2 is 1.89 bits per heavy atom. The van der Waals surface area contributed by atoms with E-state index in [0.717, 1.165) is 41.9 Å². The lowest BCUT2D eigenvalue weighted by molar-refractivity contribution is -0.127. The number of allylic oxidation sites excluding steroid dienone is 1. The highest BCUT2D eigenvalue weighted by molar-refractivity contribution is 6.03. The maximum atomic E-state index is 13.9. The predicted octanol–water partition coefficient (Wildman–Crippen LogP) is 5.82. The van der Waals surface area contributed by atoms with Crippen LogP contribution in [0.25, 0.3) is 17.5 Å². The van der Waals surface area contributed by atoms with E-state index >= 15 is 0 Å². The third-order valence-corrected chi connectivity index (χ3v) is 6.52. The van der Waals surface area contributed by atoms with Crippen LogP contribution in [0.15, 0.2) is 54.5 Å². The summed E-state index contributed by atoms with van der Waals surface area (Å²) >= 11 is 0. The number of ether oxygens (including phenoxy) is 1. The molecule has 2 aliphatic heterocycles. The van der Waals surface area contributed by atoms with Crippen molar-refractivity contribution >= 4 is 17.7 Å². The molecule has 2 aromatic carbocycles. The van der Waals surface area contributed by atoms with Gasteiger partial charge in [0.1, 0.15) is 5.75 Å². The number of carbonyl (C=O) groups is 1. The first kappa shape index (κ1) is 23.0. The molecule has 0 unspecified atom stereocenters. The number of aryl methyl sites for hydroxylation is 1. The molecule has 0 radical (unpaired) electrons. The van der Waals surface area contributed by atoms with Crippen LogP contribution in [0.5, 0.6) is 5.75 Å². The monoisotopic (exact) mass is 479 g/mol. The van der Waals surface area contributed by atoms with Gasteiger partial charge in [-0.1, -0.05) is 12.1 Å². The average Bonchev–Trinajstić information content (AvgIpc) is 3.29. The molecule has 1 aromatic heterocycles. The van der Waals surface area contributed by atoms with Crippen molar-refractivity contribution < 1.29 is 22.7 Å². The molecule has 0 spiro atoms. The largest absolute Gasteiger partial charge is 0.495 e. The highest BCUT2D eigenvalue weighted by atomic mass is 19.2. The molecule has 3 aromatic rings. The van der Waals surface area contributed by atoms with E-state index in [1.807, 2.05) is 42.0 Å². The molecule has 1 fully saturated rings. The maximum absolute atomic E-state index is 13.9. The summed E-state index contributed by atoms with van der Waals surface area (Å²) in [5, 5.41) is 0. The van der Waals surface area contributed by atoms with E-state index in [0.29, 0.717) is 29.9 Å². The Balaban J connectivity index is 1.48. The van der Waals surface area contributed by atoms with Gasteiger partial charge in [-0.3, -0.25) is 4.79 Å². The smallest absolute Gasteiger partial charge is 0.254 e. The fraction of sp³-hybridized carbons (Fsp3) is 0.259. The van der Waals surface area contributed by atoms with E-state index in [1.165, 1.54) is 0 Å². The van der Waals surface area contributed by atoms with Crippen LogP contribution in [0, 0.1) is 24.4 Å². The van der Waals surface area contributed by atoms with Gasteiger partial charge in [-0.25, -0.2) is 18.2 Å². The zero-order valence-corrected chi connectivity index (χ0v) is 19.4. The van der Waals surface area contributed by atoms with Gasteiger partial charge >= 0.3 is 0 Å². The number of benzene rings is 2. The van der Waals surface area contributed by atoms with Crippen LogP contribution in [0.2, 0.25) is 0 Å². The van der Waals surface area contributed by atoms with E-state index in [2.05, 4.69) is 4.98 Å². The van der Waals surface area contributed by atoms with Gasteiger partial charge in [0, 0.05) is 29.1 Å². The van der Waals surface area contributed by atoms with Gasteiger partial charge < -0.3 is 14.2 Å². The Bertz CT molecular complexity index is 1350. The van der Waals surface area contributed by atoms with Crippen LogP contribution in [0.3, 0.4) is 0 Å². The molecule has 1 amide bonds. The molecule has 35 heavy (non-hydrogen) atoms. The molecular weight excluding hydrogens is 455 g/mol. The predicted molar refractivity (Wildman–Crippen MR) is 126 cm³/mol. The fourth-order valence-corrected chi connectivity index (χ4v) is 4.81. The first-order valence-electron chi connectivity index (χ1n) is 11.4. The highest BCUT2D eigenvalue weighted by Crippen LogP contribution is 2.38. The van der Waals surface area contributed by atoms with Gasteiger partial charge in [-0.15, -0.1) is 0 Å². The van der Waals surface area contributed by atoms with Crippen molar-refractivity contribution in [2.45, 2.75) is 38.6 Å². The van der Waals surface area contributed by atoms with Crippen LogP contribution in [0.1, 0.15) is 42.5 Å². The summed E-state index contributed by atoms with van der Waals surface area (Å²) < 4.78 is 48.8. The van der Waals surface area contributed by atoms with Crippen LogP contribution in [-0.2, 0) is 4.79 Å². The number of nitrogens with zero attached hydrogens (tertiary/aromatic N) is 3. The summed E-state index contributed by atoms with van der Waals surface area (Å²) in [5.74, 6) is -3.65. The molecule has 0 saturated carbocycles. The number of amides is 1. The summed E-state index contributed by atoms with van der Waals surface area (Å²) in [4.78, 5) is 19.4. The number of aromatic nitrogens is 2. The van der Waals surface area contributed by atoms with Crippen molar-refractivity contribution in [3.63, 3.8) is 0 Å². The number of halogens is 3. The number of methoxy groups -OCH3 is 1. The van der Waals surface area contributed by atoms with Gasteiger partial charge in [0.25, 0.3) is 5.91 Å². The summed E-state index contributed by atoms with van der Waals surface area (Å²) in [6.45, 7) is 1.90. The fourth-order valence-electron chi connectivity index (χ4n) is 4.81. The first-order chi connectivity index (χ1) is 16.9. The van der Waals surface area contributed by atoms with Gasteiger partial charge in [0.15, 0.2) is 17.5 Å². The topological polar surface area (TPSA) is 47.4 Å². The molecule has 0 N–H and O–H groups in total. The van der Waals surface area contributed by atoms with Gasteiger partial charge in [0.05, 0.1) is 24.8 Å². The van der Waals surface area contributed by atoms with Gasteiger partial charge in [-0.05, 0) is 68.5 Å².